The fourth-order valence-corrected chi connectivity index (χ4v) is 3.08. The zero-order valence-electron chi connectivity index (χ0n) is 12.0. The van der Waals surface area contributed by atoms with Crippen LogP contribution in [0.2, 0.25) is 0 Å². The second-order valence-electron chi connectivity index (χ2n) is 4.79. The molecule has 8 heteroatoms. The van der Waals surface area contributed by atoms with Crippen molar-refractivity contribution in [3.05, 3.63) is 17.6 Å². The van der Waals surface area contributed by atoms with Gasteiger partial charge in [-0.3, -0.25) is 0 Å². The van der Waals surface area contributed by atoms with Crippen LogP contribution in [0.3, 0.4) is 0 Å². The molecule has 1 aliphatic heterocycles. The van der Waals surface area contributed by atoms with Crippen LogP contribution in [-0.4, -0.2) is 47.7 Å². The smallest absolute Gasteiger partial charge is 0.223 e. The van der Waals surface area contributed by atoms with E-state index in [1.54, 1.807) is 11.3 Å². The quantitative estimate of drug-likeness (QED) is 0.880. The lowest BCUT2D eigenvalue weighted by Crippen LogP contribution is -2.46. The Bertz CT molecular complexity index is 578. The summed E-state index contributed by atoms with van der Waals surface area (Å²) in [5.74, 6) is 1.98. The molecule has 0 saturated carbocycles. The first-order chi connectivity index (χ1) is 10.3. The number of hydrogen-bond donors (Lipinski definition) is 2. The molecule has 0 spiro atoms. The van der Waals surface area contributed by atoms with Gasteiger partial charge in [0.2, 0.25) is 5.95 Å². The van der Waals surface area contributed by atoms with Crippen LogP contribution in [0.5, 0.6) is 0 Å². The maximum absolute atomic E-state index is 5.79. The van der Waals surface area contributed by atoms with Gasteiger partial charge in [-0.25, -0.2) is 4.98 Å². The molecule has 21 heavy (non-hydrogen) atoms. The minimum absolute atomic E-state index is 0.311. The number of nitrogens with two attached hydrogens (primary N) is 1. The van der Waals surface area contributed by atoms with Crippen LogP contribution in [0.25, 0.3) is 0 Å². The number of hydrogen-bond acceptors (Lipinski definition) is 8. The number of rotatable bonds is 4. The van der Waals surface area contributed by atoms with E-state index in [4.69, 9.17) is 5.73 Å². The van der Waals surface area contributed by atoms with Crippen LogP contribution in [0.4, 0.5) is 22.7 Å². The minimum atomic E-state index is 0.311. The van der Waals surface area contributed by atoms with Crippen molar-refractivity contribution in [1.29, 1.82) is 0 Å². The second kappa shape index (κ2) is 6.13. The molecule has 3 N–H and O–H groups in total. The molecule has 0 radical (unpaired) electrons. The summed E-state index contributed by atoms with van der Waals surface area (Å²) in [4.78, 5) is 17.4. The molecule has 0 unspecified atom stereocenters. The van der Waals surface area contributed by atoms with Crippen molar-refractivity contribution in [2.24, 2.45) is 0 Å². The highest BCUT2D eigenvalue weighted by Gasteiger charge is 2.20. The molecule has 3 heterocycles. The number of nitrogen functional groups attached to an aromatic ring is 1. The van der Waals surface area contributed by atoms with Gasteiger partial charge >= 0.3 is 0 Å². The molecule has 0 atom stereocenters. The third-order valence-electron chi connectivity index (χ3n) is 3.38. The zero-order valence-corrected chi connectivity index (χ0v) is 12.8. The number of aromatic nitrogens is 3. The molecule has 3 rings (SSSR count). The Balaban J connectivity index is 1.69. The standard InChI is InChI=1S/C13H19N7S/c1-2-15-10-9-11(18-12(14)17-10)19-4-6-20(7-5-19)13-16-3-8-21-13/h3,8-9H,2,4-7H2,1H3,(H3,14,15,17,18). The lowest BCUT2D eigenvalue weighted by molar-refractivity contribution is 0.646. The van der Waals surface area contributed by atoms with Crippen LogP contribution in [0.1, 0.15) is 6.92 Å². The number of piperazine rings is 1. The van der Waals surface area contributed by atoms with E-state index in [0.717, 1.165) is 49.5 Å². The van der Waals surface area contributed by atoms with Crippen molar-refractivity contribution in [2.45, 2.75) is 6.92 Å². The van der Waals surface area contributed by atoms with Crippen molar-refractivity contribution in [3.8, 4) is 0 Å². The van der Waals surface area contributed by atoms with E-state index in [0.29, 0.717) is 5.95 Å². The van der Waals surface area contributed by atoms with Gasteiger partial charge in [0, 0.05) is 50.4 Å². The molecule has 2 aromatic heterocycles. The number of thiazole rings is 1. The fraction of sp³-hybridized carbons (Fsp3) is 0.462. The Morgan fingerprint density at radius 2 is 2.00 bits per heavy atom. The summed E-state index contributed by atoms with van der Waals surface area (Å²) >= 11 is 1.68. The van der Waals surface area contributed by atoms with Gasteiger partial charge in [-0.1, -0.05) is 0 Å². The molecule has 1 fully saturated rings. The van der Waals surface area contributed by atoms with Gasteiger partial charge in [-0.05, 0) is 6.92 Å². The third-order valence-corrected chi connectivity index (χ3v) is 4.21. The monoisotopic (exact) mass is 305 g/mol. The van der Waals surface area contributed by atoms with Gasteiger partial charge in [0.25, 0.3) is 0 Å². The summed E-state index contributed by atoms with van der Waals surface area (Å²) in [6, 6.07) is 1.96. The minimum Gasteiger partial charge on any atom is -0.370 e. The van der Waals surface area contributed by atoms with Crippen molar-refractivity contribution >= 4 is 34.1 Å². The molecular formula is C13H19N7S. The molecule has 7 nitrogen and oxygen atoms in total. The average molecular weight is 305 g/mol. The van der Waals surface area contributed by atoms with Crippen molar-refractivity contribution in [3.63, 3.8) is 0 Å². The molecule has 0 aliphatic carbocycles. The molecule has 0 amide bonds. The zero-order chi connectivity index (χ0) is 14.7. The predicted octanol–water partition coefficient (Wildman–Crippen LogP) is 1.27. The molecule has 0 bridgehead atoms. The molecule has 1 saturated heterocycles. The lowest BCUT2D eigenvalue weighted by atomic mass is 10.3. The summed E-state index contributed by atoms with van der Waals surface area (Å²) < 4.78 is 0. The van der Waals surface area contributed by atoms with E-state index >= 15 is 0 Å². The first-order valence-corrected chi connectivity index (χ1v) is 7.92. The normalized spacial score (nSPS) is 15.3. The van der Waals surface area contributed by atoms with Crippen LogP contribution in [-0.2, 0) is 0 Å². The largest absolute Gasteiger partial charge is 0.370 e. The van der Waals surface area contributed by atoms with Gasteiger partial charge in [-0.15, -0.1) is 11.3 Å². The highest BCUT2D eigenvalue weighted by Crippen LogP contribution is 2.22. The van der Waals surface area contributed by atoms with Gasteiger partial charge < -0.3 is 20.9 Å². The van der Waals surface area contributed by atoms with Gasteiger partial charge in [0.15, 0.2) is 5.13 Å². The molecule has 2 aromatic rings. The van der Waals surface area contributed by atoms with Crippen LogP contribution < -0.4 is 20.9 Å². The lowest BCUT2D eigenvalue weighted by Gasteiger charge is -2.35. The molecule has 1 aliphatic rings. The maximum Gasteiger partial charge on any atom is 0.223 e. The predicted molar refractivity (Wildman–Crippen MR) is 87.1 cm³/mol. The Hall–Kier alpha value is -2.09. The Labute approximate surface area is 127 Å². The number of nitrogens with one attached hydrogen (secondary N) is 1. The highest BCUT2D eigenvalue weighted by molar-refractivity contribution is 7.13. The second-order valence-corrected chi connectivity index (χ2v) is 5.66. The van der Waals surface area contributed by atoms with Gasteiger partial charge in [-0.2, -0.15) is 9.97 Å². The van der Waals surface area contributed by atoms with E-state index in [2.05, 4.69) is 30.1 Å². The first kappa shape index (κ1) is 13.9. The summed E-state index contributed by atoms with van der Waals surface area (Å²) in [5.41, 5.74) is 5.79. The summed E-state index contributed by atoms with van der Waals surface area (Å²) in [5, 5.41) is 6.28. The van der Waals surface area contributed by atoms with Crippen molar-refractivity contribution < 1.29 is 0 Å². The molecule has 0 aromatic carbocycles. The fourth-order valence-electron chi connectivity index (χ4n) is 2.39. The van der Waals surface area contributed by atoms with Crippen molar-refractivity contribution in [2.75, 3.05) is 53.6 Å². The summed E-state index contributed by atoms with van der Waals surface area (Å²) in [6.45, 7) is 6.53. The molecular weight excluding hydrogens is 286 g/mol. The van der Waals surface area contributed by atoms with Gasteiger partial charge in [0.05, 0.1) is 0 Å². The first-order valence-electron chi connectivity index (χ1n) is 7.04. The molecule has 112 valence electrons. The Kier molecular flexibility index (Phi) is 4.05. The van der Waals surface area contributed by atoms with Gasteiger partial charge in [0.1, 0.15) is 11.6 Å². The average Bonchev–Trinajstić information content (AvgIpc) is 3.01. The Morgan fingerprint density at radius 3 is 2.67 bits per heavy atom. The van der Waals surface area contributed by atoms with Crippen LogP contribution >= 0.6 is 11.3 Å². The topological polar surface area (TPSA) is 83.2 Å². The summed E-state index contributed by atoms with van der Waals surface area (Å²) in [7, 11) is 0. The van der Waals surface area contributed by atoms with E-state index in [1.165, 1.54) is 0 Å². The van der Waals surface area contributed by atoms with E-state index in [1.807, 2.05) is 24.6 Å². The van der Waals surface area contributed by atoms with E-state index in [9.17, 15) is 0 Å². The highest BCUT2D eigenvalue weighted by atomic mass is 32.1. The van der Waals surface area contributed by atoms with Crippen molar-refractivity contribution in [1.82, 2.24) is 15.0 Å². The third kappa shape index (κ3) is 3.15. The van der Waals surface area contributed by atoms with Crippen LogP contribution in [0.15, 0.2) is 17.6 Å². The van der Waals surface area contributed by atoms with Crippen LogP contribution in [0, 0.1) is 0 Å². The number of nitrogens with zero attached hydrogens (tertiary/aromatic N) is 5. The maximum atomic E-state index is 5.79. The SMILES string of the molecule is CCNc1cc(N2CCN(c3nccs3)CC2)nc(N)n1. The summed E-state index contributed by atoms with van der Waals surface area (Å²) in [6.07, 6.45) is 1.85. The van der Waals surface area contributed by atoms with E-state index < -0.39 is 0 Å². The number of anilines is 4. The Morgan fingerprint density at radius 1 is 1.24 bits per heavy atom. The van der Waals surface area contributed by atoms with E-state index in [-0.39, 0.29) is 0 Å².